The molecule has 2 aliphatic heterocycles. The Morgan fingerprint density at radius 1 is 1.06 bits per heavy atom. The van der Waals surface area contributed by atoms with Gasteiger partial charge in [-0.05, 0) is 30.3 Å². The Kier molecular flexibility index (Phi) is 5.77. The van der Waals surface area contributed by atoms with E-state index >= 15 is 0 Å². The zero-order valence-electron chi connectivity index (χ0n) is 20.4. The molecule has 1 fully saturated rings. The number of amides is 2. The van der Waals surface area contributed by atoms with Gasteiger partial charge < -0.3 is 20.1 Å². The van der Waals surface area contributed by atoms with Crippen molar-refractivity contribution >= 4 is 45.6 Å². The molecule has 2 aromatic carbocycles. The fourth-order valence-electron chi connectivity index (χ4n) is 5.21. The molecule has 4 heterocycles. The molecule has 6 rings (SSSR count). The Morgan fingerprint density at radius 2 is 1.92 bits per heavy atom. The molecule has 7 heteroatoms. The number of rotatable bonds is 4. The third kappa shape index (κ3) is 4.27. The first-order valence-electron chi connectivity index (χ1n) is 12.5. The van der Waals surface area contributed by atoms with Gasteiger partial charge in [-0.3, -0.25) is 14.6 Å². The van der Waals surface area contributed by atoms with Crippen LogP contribution >= 0.6 is 0 Å². The first kappa shape index (κ1) is 22.5. The monoisotopic (exact) mass is 479 g/mol. The number of fused-ring (bicyclic) bond motifs is 5. The number of carbonyl (C=O) groups is 2. The SMILES string of the molecule is CN1CCN(C(=O)Cc2cccc(/C=C/c3cc4c(ccc5c6c([nH]c54)CCNC6=O)cn3)c2)CC1. The van der Waals surface area contributed by atoms with E-state index in [0.717, 1.165) is 82.4 Å². The minimum atomic E-state index is -0.0120. The molecule has 182 valence electrons. The largest absolute Gasteiger partial charge is 0.357 e. The molecule has 2 aliphatic rings. The van der Waals surface area contributed by atoms with Gasteiger partial charge >= 0.3 is 0 Å². The van der Waals surface area contributed by atoms with Crippen LogP contribution in [0.4, 0.5) is 0 Å². The summed E-state index contributed by atoms with van der Waals surface area (Å²) in [6, 6.07) is 14.2. The number of H-pyrrole nitrogens is 1. The molecule has 0 radical (unpaired) electrons. The average Bonchev–Trinajstić information content (AvgIpc) is 3.28. The van der Waals surface area contributed by atoms with Gasteiger partial charge in [0.15, 0.2) is 0 Å². The third-order valence-corrected chi connectivity index (χ3v) is 7.27. The standard InChI is InChI=1S/C29H29N5O2/c1-33-11-13-34(14-12-33)26(35)16-20-4-2-3-19(15-20)5-7-22-17-24-21(18-31-22)6-8-23-27-25(32-28(23)24)9-10-30-29(27)36/h2-8,15,17-18,32H,9-14,16H2,1H3,(H,30,36)/b7-5+. The summed E-state index contributed by atoms with van der Waals surface area (Å²) in [5.74, 6) is 0.175. The first-order chi connectivity index (χ1) is 17.5. The van der Waals surface area contributed by atoms with Gasteiger partial charge in [-0.15, -0.1) is 0 Å². The molecule has 2 amide bonds. The molecule has 0 bridgehead atoms. The number of aromatic nitrogens is 2. The molecule has 0 aliphatic carbocycles. The second-order valence-corrected chi connectivity index (χ2v) is 9.74. The number of aromatic amines is 1. The van der Waals surface area contributed by atoms with Crippen molar-refractivity contribution in [2.45, 2.75) is 12.8 Å². The Balaban J connectivity index is 1.24. The Labute approximate surface area is 209 Å². The van der Waals surface area contributed by atoms with Crippen molar-refractivity contribution < 1.29 is 9.59 Å². The minimum absolute atomic E-state index is 0.0120. The smallest absolute Gasteiger partial charge is 0.253 e. The second kappa shape index (κ2) is 9.24. The maximum Gasteiger partial charge on any atom is 0.253 e. The maximum absolute atomic E-state index is 12.7. The van der Waals surface area contributed by atoms with Gasteiger partial charge in [-0.2, -0.15) is 0 Å². The Morgan fingerprint density at radius 3 is 2.78 bits per heavy atom. The van der Waals surface area contributed by atoms with Gasteiger partial charge in [0.2, 0.25) is 5.91 Å². The van der Waals surface area contributed by atoms with Crippen molar-refractivity contribution in [2.75, 3.05) is 39.8 Å². The highest BCUT2D eigenvalue weighted by atomic mass is 16.2. The van der Waals surface area contributed by atoms with E-state index in [2.05, 4.69) is 39.4 Å². The molecular weight excluding hydrogens is 450 g/mol. The summed E-state index contributed by atoms with van der Waals surface area (Å²) in [5.41, 5.74) is 5.63. The molecule has 2 aromatic heterocycles. The lowest BCUT2D eigenvalue weighted by atomic mass is 10.0. The molecule has 0 atom stereocenters. The van der Waals surface area contributed by atoms with Crippen LogP contribution in [0, 0.1) is 0 Å². The van der Waals surface area contributed by atoms with Crippen LogP contribution in [-0.2, 0) is 17.6 Å². The molecular formula is C29H29N5O2. The quantitative estimate of drug-likeness (QED) is 0.470. The lowest BCUT2D eigenvalue weighted by Gasteiger charge is -2.32. The number of hydrogen-bond acceptors (Lipinski definition) is 4. The highest BCUT2D eigenvalue weighted by Crippen LogP contribution is 2.31. The summed E-state index contributed by atoms with van der Waals surface area (Å²) in [6.07, 6.45) is 7.13. The van der Waals surface area contributed by atoms with Crippen molar-refractivity contribution in [3.05, 3.63) is 76.7 Å². The van der Waals surface area contributed by atoms with Crippen LogP contribution in [0.25, 0.3) is 33.8 Å². The van der Waals surface area contributed by atoms with Gasteiger partial charge in [-0.1, -0.05) is 42.5 Å². The first-order valence-corrected chi connectivity index (χ1v) is 12.5. The van der Waals surface area contributed by atoms with Crippen LogP contribution in [0.5, 0.6) is 0 Å². The minimum Gasteiger partial charge on any atom is -0.357 e. The fraction of sp³-hybridized carbons (Fsp3) is 0.276. The van der Waals surface area contributed by atoms with Gasteiger partial charge in [-0.25, -0.2) is 0 Å². The third-order valence-electron chi connectivity index (χ3n) is 7.27. The molecule has 7 nitrogen and oxygen atoms in total. The number of nitrogens with zero attached hydrogens (tertiary/aromatic N) is 3. The zero-order chi connectivity index (χ0) is 24.6. The van der Waals surface area contributed by atoms with Gasteiger partial charge in [0.1, 0.15) is 0 Å². The topological polar surface area (TPSA) is 81.3 Å². The fourth-order valence-corrected chi connectivity index (χ4v) is 5.21. The van der Waals surface area contributed by atoms with Gasteiger partial charge in [0.25, 0.3) is 5.91 Å². The van der Waals surface area contributed by atoms with Crippen LogP contribution in [-0.4, -0.2) is 71.4 Å². The van der Waals surface area contributed by atoms with Crippen molar-refractivity contribution in [3.8, 4) is 0 Å². The summed E-state index contributed by atoms with van der Waals surface area (Å²) in [5, 5.41) is 5.98. The Bertz CT molecular complexity index is 1510. The molecule has 0 spiro atoms. The summed E-state index contributed by atoms with van der Waals surface area (Å²) < 4.78 is 0. The predicted octanol–water partition coefficient (Wildman–Crippen LogP) is 3.49. The van der Waals surface area contributed by atoms with E-state index in [0.29, 0.717) is 13.0 Å². The Hall–Kier alpha value is -3.97. The summed E-state index contributed by atoms with van der Waals surface area (Å²) in [6.45, 7) is 4.11. The van der Waals surface area contributed by atoms with Crippen molar-refractivity contribution in [2.24, 2.45) is 0 Å². The predicted molar refractivity (Wildman–Crippen MR) is 143 cm³/mol. The number of carbonyl (C=O) groups excluding carboxylic acids is 2. The van der Waals surface area contributed by atoms with Gasteiger partial charge in [0.05, 0.1) is 23.2 Å². The molecule has 4 aromatic rings. The number of pyridine rings is 1. The number of nitrogens with one attached hydrogen (secondary N) is 2. The van der Waals surface area contributed by atoms with E-state index in [9.17, 15) is 9.59 Å². The second-order valence-electron chi connectivity index (χ2n) is 9.74. The van der Waals surface area contributed by atoms with Crippen molar-refractivity contribution in [3.63, 3.8) is 0 Å². The molecule has 0 saturated carbocycles. The van der Waals surface area contributed by atoms with Crippen LogP contribution in [0.15, 0.2) is 48.7 Å². The number of benzene rings is 2. The van der Waals surface area contributed by atoms with E-state index in [1.165, 1.54) is 0 Å². The number of likely N-dealkylation sites (N-methyl/N-ethyl adjacent to an activating group) is 1. The van der Waals surface area contributed by atoms with Crippen molar-refractivity contribution in [1.82, 2.24) is 25.1 Å². The van der Waals surface area contributed by atoms with Crippen LogP contribution in [0.1, 0.15) is 32.9 Å². The maximum atomic E-state index is 12.7. The van der Waals surface area contributed by atoms with E-state index in [1.807, 2.05) is 53.6 Å². The molecule has 0 unspecified atom stereocenters. The normalized spacial score (nSPS) is 16.6. The summed E-state index contributed by atoms with van der Waals surface area (Å²) >= 11 is 0. The van der Waals surface area contributed by atoms with E-state index in [4.69, 9.17) is 0 Å². The lowest BCUT2D eigenvalue weighted by Crippen LogP contribution is -2.47. The van der Waals surface area contributed by atoms with Crippen LogP contribution < -0.4 is 5.32 Å². The highest BCUT2D eigenvalue weighted by Gasteiger charge is 2.23. The highest BCUT2D eigenvalue weighted by molar-refractivity contribution is 6.15. The zero-order valence-corrected chi connectivity index (χ0v) is 20.4. The van der Waals surface area contributed by atoms with Crippen LogP contribution in [0.2, 0.25) is 0 Å². The average molecular weight is 480 g/mol. The summed E-state index contributed by atoms with van der Waals surface area (Å²) in [4.78, 5) is 37.5. The molecule has 36 heavy (non-hydrogen) atoms. The molecule has 1 saturated heterocycles. The van der Waals surface area contributed by atoms with E-state index in [-0.39, 0.29) is 11.8 Å². The lowest BCUT2D eigenvalue weighted by molar-refractivity contribution is -0.132. The molecule has 2 N–H and O–H groups in total. The number of piperazine rings is 1. The summed E-state index contributed by atoms with van der Waals surface area (Å²) in [7, 11) is 2.09. The van der Waals surface area contributed by atoms with Crippen molar-refractivity contribution in [1.29, 1.82) is 0 Å². The number of hydrogen-bond donors (Lipinski definition) is 2. The van der Waals surface area contributed by atoms with Gasteiger partial charge in [0, 0.05) is 67.2 Å². The van der Waals surface area contributed by atoms with E-state index in [1.54, 1.807) is 0 Å². The van der Waals surface area contributed by atoms with Crippen LogP contribution in [0.3, 0.4) is 0 Å². The van der Waals surface area contributed by atoms with E-state index < -0.39 is 0 Å².